The first-order valence-electron chi connectivity index (χ1n) is 7.47. The first-order valence-corrected chi connectivity index (χ1v) is 7.47. The number of aliphatic hydroxyl groups is 1. The molecule has 1 N–H and O–H groups in total. The molecule has 0 saturated carbocycles. The lowest BCUT2D eigenvalue weighted by atomic mass is 9.62. The molecule has 0 aromatic carbocycles. The molecular formula is C15H31BO4. The number of carbonyl (C=O) groups excluding carboxylic acids is 1. The maximum Gasteiger partial charge on any atom is 0.296 e. The Hall–Kier alpha value is -0.545. The minimum atomic E-state index is -0.748. The van der Waals surface area contributed by atoms with Gasteiger partial charge in [-0.05, 0) is 53.4 Å². The van der Waals surface area contributed by atoms with Crippen molar-refractivity contribution >= 4 is 13.1 Å². The molecule has 0 aliphatic rings. The van der Waals surface area contributed by atoms with Gasteiger partial charge in [-0.3, -0.25) is 4.79 Å². The van der Waals surface area contributed by atoms with Gasteiger partial charge in [-0.15, -0.1) is 0 Å². The second kappa shape index (κ2) is 8.03. The number of hydrogen-bond donors (Lipinski definition) is 1. The second-order valence-corrected chi connectivity index (χ2v) is 7.28. The molecule has 118 valence electrons. The average molecular weight is 286 g/mol. The summed E-state index contributed by atoms with van der Waals surface area (Å²) >= 11 is 0. The normalized spacial score (nSPS) is 14.2. The lowest BCUT2D eigenvalue weighted by Gasteiger charge is -2.26. The number of rotatable bonds is 9. The molecule has 0 radical (unpaired) electrons. The molecule has 20 heavy (non-hydrogen) atoms. The summed E-state index contributed by atoms with van der Waals surface area (Å²) in [6.45, 7) is 13.8. The summed E-state index contributed by atoms with van der Waals surface area (Å²) in [5, 5.41) is 9.63. The van der Waals surface area contributed by atoms with Gasteiger partial charge in [-0.2, -0.15) is 0 Å². The highest BCUT2D eigenvalue weighted by Gasteiger charge is 2.28. The van der Waals surface area contributed by atoms with Crippen molar-refractivity contribution in [3.63, 3.8) is 0 Å². The third-order valence-electron chi connectivity index (χ3n) is 2.91. The van der Waals surface area contributed by atoms with Gasteiger partial charge in [0.2, 0.25) is 0 Å². The van der Waals surface area contributed by atoms with Crippen molar-refractivity contribution in [3.8, 4) is 0 Å². The van der Waals surface area contributed by atoms with Gasteiger partial charge in [0.1, 0.15) is 0 Å². The second-order valence-electron chi connectivity index (χ2n) is 7.28. The third-order valence-corrected chi connectivity index (χ3v) is 2.91. The first kappa shape index (κ1) is 19.5. The molecule has 0 saturated heterocycles. The molecule has 0 amide bonds. The molecule has 1 atom stereocenters. The van der Waals surface area contributed by atoms with Gasteiger partial charge in [0.25, 0.3) is 13.1 Å². The van der Waals surface area contributed by atoms with E-state index in [4.69, 9.17) is 9.47 Å². The van der Waals surface area contributed by atoms with E-state index >= 15 is 0 Å². The van der Waals surface area contributed by atoms with Crippen molar-refractivity contribution < 1.29 is 19.4 Å². The highest BCUT2D eigenvalue weighted by Crippen LogP contribution is 2.14. The molecule has 0 aromatic rings. The third kappa shape index (κ3) is 11.3. The quantitative estimate of drug-likeness (QED) is 0.662. The Morgan fingerprint density at radius 2 is 1.75 bits per heavy atom. The molecule has 0 aliphatic carbocycles. The largest absolute Gasteiger partial charge is 0.471 e. The Bertz CT molecular complexity index is 295. The summed E-state index contributed by atoms with van der Waals surface area (Å²) in [6.07, 6.45) is 1.34. The number of ether oxygens (including phenoxy) is 2. The topological polar surface area (TPSA) is 55.8 Å². The molecule has 0 aliphatic heterocycles. The molecular weight excluding hydrogens is 255 g/mol. The van der Waals surface area contributed by atoms with E-state index in [9.17, 15) is 9.90 Å². The van der Waals surface area contributed by atoms with E-state index in [1.54, 1.807) is 13.8 Å². The summed E-state index contributed by atoms with van der Waals surface area (Å²) in [5.74, 6) is 0.278. The molecule has 5 heteroatoms. The predicted molar refractivity (Wildman–Crippen MR) is 83.5 cm³/mol. The van der Waals surface area contributed by atoms with Crippen molar-refractivity contribution in [2.45, 2.75) is 78.5 Å². The van der Waals surface area contributed by atoms with E-state index in [0.29, 0.717) is 18.9 Å². The van der Waals surface area contributed by atoms with E-state index < -0.39 is 11.1 Å². The fraction of sp³-hybridized carbons (Fsp3) is 0.933. The van der Waals surface area contributed by atoms with Gasteiger partial charge >= 0.3 is 0 Å². The fourth-order valence-electron chi connectivity index (χ4n) is 1.95. The monoisotopic (exact) mass is 286 g/mol. The highest BCUT2D eigenvalue weighted by molar-refractivity contribution is 6.74. The van der Waals surface area contributed by atoms with E-state index in [0.717, 1.165) is 6.42 Å². The summed E-state index contributed by atoms with van der Waals surface area (Å²) < 4.78 is 11.1. The lowest BCUT2D eigenvalue weighted by molar-refractivity contribution is -0.00777. The van der Waals surface area contributed by atoms with Crippen molar-refractivity contribution in [2.24, 2.45) is 5.92 Å². The van der Waals surface area contributed by atoms with Crippen LogP contribution < -0.4 is 0 Å². The summed E-state index contributed by atoms with van der Waals surface area (Å²) in [5.41, 5.74) is -1.32. The standard InChI is InChI=1S/C15H31BO4/c1-11(2)10-12(3)20-13(17)16-15(6,7)19-9-8-14(4,5)18/h11-12,16,18H,8-10H2,1-7H3. The highest BCUT2D eigenvalue weighted by atomic mass is 16.5. The maximum absolute atomic E-state index is 11.9. The van der Waals surface area contributed by atoms with Crippen LogP contribution >= 0.6 is 0 Å². The summed E-state index contributed by atoms with van der Waals surface area (Å²) in [4.78, 5) is 11.9. The van der Waals surface area contributed by atoms with Crippen LogP contribution in [0.5, 0.6) is 0 Å². The lowest BCUT2D eigenvalue weighted by Crippen LogP contribution is -2.39. The maximum atomic E-state index is 11.9. The van der Waals surface area contributed by atoms with Crippen LogP contribution in [0.15, 0.2) is 0 Å². The molecule has 0 fully saturated rings. The molecule has 0 spiro atoms. The van der Waals surface area contributed by atoms with Crippen molar-refractivity contribution in [1.82, 2.24) is 0 Å². The Labute approximate surface area is 124 Å². The van der Waals surface area contributed by atoms with Gasteiger partial charge in [-0.25, -0.2) is 0 Å². The first-order chi connectivity index (χ1) is 8.91. The molecule has 1 unspecified atom stereocenters. The smallest absolute Gasteiger partial charge is 0.296 e. The minimum Gasteiger partial charge on any atom is -0.471 e. The Morgan fingerprint density at radius 1 is 1.20 bits per heavy atom. The van der Waals surface area contributed by atoms with Gasteiger partial charge in [0, 0.05) is 12.1 Å². The van der Waals surface area contributed by atoms with Gasteiger partial charge < -0.3 is 14.6 Å². The zero-order valence-corrected chi connectivity index (χ0v) is 14.2. The Balaban J connectivity index is 4.09. The Morgan fingerprint density at radius 3 is 2.20 bits per heavy atom. The summed E-state index contributed by atoms with van der Waals surface area (Å²) in [6, 6.07) is 0. The minimum absolute atomic E-state index is 0.0605. The van der Waals surface area contributed by atoms with Crippen LogP contribution in [0.1, 0.15) is 61.3 Å². The Kier molecular flexibility index (Phi) is 7.82. The predicted octanol–water partition coefficient (Wildman–Crippen LogP) is 2.91. The van der Waals surface area contributed by atoms with Crippen LogP contribution in [0.4, 0.5) is 4.79 Å². The molecule has 0 bridgehead atoms. The van der Waals surface area contributed by atoms with E-state index in [-0.39, 0.29) is 19.3 Å². The molecule has 4 nitrogen and oxygen atoms in total. The van der Waals surface area contributed by atoms with Gasteiger partial charge in [-0.1, -0.05) is 13.8 Å². The van der Waals surface area contributed by atoms with E-state index in [1.807, 2.05) is 20.8 Å². The SMILES string of the molecule is CC(C)CC(C)OC(=O)BC(C)(C)OCCC(C)(C)O. The van der Waals surface area contributed by atoms with E-state index in [2.05, 4.69) is 13.8 Å². The zero-order chi connectivity index (χ0) is 16.0. The van der Waals surface area contributed by atoms with Crippen molar-refractivity contribution in [1.29, 1.82) is 0 Å². The van der Waals surface area contributed by atoms with Crippen LogP contribution in [-0.2, 0) is 9.47 Å². The van der Waals surface area contributed by atoms with Crippen molar-refractivity contribution in [3.05, 3.63) is 0 Å². The molecule has 0 aromatic heterocycles. The van der Waals surface area contributed by atoms with Crippen molar-refractivity contribution in [2.75, 3.05) is 6.61 Å². The van der Waals surface area contributed by atoms with Gasteiger partial charge in [0.05, 0.1) is 11.7 Å². The van der Waals surface area contributed by atoms with Crippen LogP contribution in [0, 0.1) is 5.92 Å². The number of carbonyl (C=O) groups is 1. The zero-order valence-electron chi connectivity index (χ0n) is 14.2. The molecule has 0 heterocycles. The van der Waals surface area contributed by atoms with Crippen LogP contribution in [0.3, 0.4) is 0 Å². The van der Waals surface area contributed by atoms with Crippen LogP contribution in [0.25, 0.3) is 0 Å². The van der Waals surface area contributed by atoms with E-state index in [1.165, 1.54) is 0 Å². The number of hydrogen-bond acceptors (Lipinski definition) is 4. The van der Waals surface area contributed by atoms with Crippen LogP contribution in [0.2, 0.25) is 0 Å². The fourth-order valence-corrected chi connectivity index (χ4v) is 1.95. The van der Waals surface area contributed by atoms with Crippen LogP contribution in [-0.4, -0.2) is 42.1 Å². The molecule has 0 rings (SSSR count). The average Bonchev–Trinajstić information content (AvgIpc) is 2.10. The van der Waals surface area contributed by atoms with Gasteiger partial charge in [0.15, 0.2) is 0 Å². The summed E-state index contributed by atoms with van der Waals surface area (Å²) in [7, 11) is 0.224.